The number of hydrogen-bond donors (Lipinski definition) is 2. The molecule has 3 rings (SSSR count). The molecule has 0 fully saturated rings. The molecule has 3 aromatic rings. The summed E-state index contributed by atoms with van der Waals surface area (Å²) in [5.41, 5.74) is 1.17. The van der Waals surface area contributed by atoms with Gasteiger partial charge in [-0.15, -0.1) is 10.2 Å². The van der Waals surface area contributed by atoms with E-state index in [1.54, 1.807) is 22.9 Å². The van der Waals surface area contributed by atoms with Crippen molar-refractivity contribution in [2.45, 2.75) is 39.8 Å². The number of urea groups is 1. The average molecular weight is 385 g/mol. The van der Waals surface area contributed by atoms with E-state index in [9.17, 15) is 4.79 Å². The second-order valence-electron chi connectivity index (χ2n) is 6.02. The summed E-state index contributed by atoms with van der Waals surface area (Å²) in [5, 5.41) is 17.8. The van der Waals surface area contributed by atoms with Crippen molar-refractivity contribution in [1.29, 1.82) is 0 Å². The highest BCUT2D eigenvalue weighted by Crippen LogP contribution is 2.30. The van der Waals surface area contributed by atoms with E-state index in [2.05, 4.69) is 30.9 Å². The first-order chi connectivity index (χ1) is 13.5. The van der Waals surface area contributed by atoms with Crippen LogP contribution in [0.2, 0.25) is 0 Å². The van der Waals surface area contributed by atoms with Crippen LogP contribution in [-0.4, -0.2) is 38.1 Å². The number of benzene rings is 1. The van der Waals surface area contributed by atoms with Crippen molar-refractivity contribution in [2.24, 2.45) is 0 Å². The summed E-state index contributed by atoms with van der Waals surface area (Å²) < 4.78 is 12.7. The third-order valence-electron chi connectivity index (χ3n) is 4.14. The molecule has 2 amide bonds. The number of aromatic nitrogens is 5. The normalized spacial score (nSPS) is 11.9. The zero-order valence-electron chi connectivity index (χ0n) is 16.3. The Labute approximate surface area is 162 Å². The molecule has 1 atom stereocenters. The lowest BCUT2D eigenvalue weighted by molar-refractivity contribution is 0.248. The lowest BCUT2D eigenvalue weighted by Gasteiger charge is -2.16. The minimum absolute atomic E-state index is 0.320. The van der Waals surface area contributed by atoms with Crippen LogP contribution in [0.3, 0.4) is 0 Å². The molecule has 1 aromatic carbocycles. The molecular weight excluding hydrogens is 362 g/mol. The van der Waals surface area contributed by atoms with Crippen LogP contribution < -0.4 is 15.4 Å². The van der Waals surface area contributed by atoms with Crippen LogP contribution in [0.15, 0.2) is 28.9 Å². The minimum Gasteiger partial charge on any atom is -0.495 e. The molecule has 28 heavy (non-hydrogen) atoms. The van der Waals surface area contributed by atoms with Gasteiger partial charge in [0.05, 0.1) is 18.8 Å². The summed E-state index contributed by atoms with van der Waals surface area (Å²) in [6.07, 6.45) is 2.12. The van der Waals surface area contributed by atoms with Gasteiger partial charge in [-0.1, -0.05) is 6.92 Å². The number of carbonyl (C=O) groups excluding carboxylic acids is 1. The summed E-state index contributed by atoms with van der Waals surface area (Å²) in [6.45, 7) is 6.41. The fraction of sp³-hybridized carbons (Fsp3) is 0.389. The SMILES string of the molecule is CCc1nnc(-c2ccc(OC)c(NC(=O)N[C@H](C)c3ncnn3CC)c2)o1. The van der Waals surface area contributed by atoms with Gasteiger partial charge in [0.25, 0.3) is 0 Å². The summed E-state index contributed by atoms with van der Waals surface area (Å²) in [4.78, 5) is 16.7. The minimum atomic E-state index is -0.395. The first-order valence-electron chi connectivity index (χ1n) is 9.01. The van der Waals surface area contributed by atoms with E-state index >= 15 is 0 Å². The Morgan fingerprint density at radius 2 is 2.14 bits per heavy atom. The number of methoxy groups -OCH3 is 1. The third kappa shape index (κ3) is 4.11. The van der Waals surface area contributed by atoms with Gasteiger partial charge in [0.2, 0.25) is 11.8 Å². The van der Waals surface area contributed by atoms with Crippen LogP contribution in [-0.2, 0) is 13.0 Å². The number of aryl methyl sites for hydroxylation is 2. The molecule has 0 spiro atoms. The zero-order chi connectivity index (χ0) is 20.1. The molecule has 0 saturated heterocycles. The van der Waals surface area contributed by atoms with Gasteiger partial charge >= 0.3 is 6.03 Å². The molecule has 0 radical (unpaired) electrons. The molecule has 0 unspecified atom stereocenters. The summed E-state index contributed by atoms with van der Waals surface area (Å²) in [5.74, 6) is 2.12. The lowest BCUT2D eigenvalue weighted by Crippen LogP contribution is -2.32. The molecule has 2 N–H and O–H groups in total. The quantitative estimate of drug-likeness (QED) is 0.641. The van der Waals surface area contributed by atoms with E-state index in [0.717, 1.165) is 0 Å². The van der Waals surface area contributed by atoms with Gasteiger partial charge in [-0.25, -0.2) is 14.5 Å². The van der Waals surface area contributed by atoms with Gasteiger partial charge in [0.1, 0.15) is 17.9 Å². The number of carbonyl (C=O) groups is 1. The second kappa shape index (κ2) is 8.51. The van der Waals surface area contributed by atoms with E-state index in [1.807, 2.05) is 20.8 Å². The molecule has 10 heteroatoms. The molecule has 148 valence electrons. The molecule has 10 nitrogen and oxygen atoms in total. The van der Waals surface area contributed by atoms with Gasteiger partial charge in [-0.05, 0) is 32.0 Å². The average Bonchev–Trinajstić information content (AvgIpc) is 3.37. The Kier molecular flexibility index (Phi) is 5.87. The van der Waals surface area contributed by atoms with Crippen LogP contribution in [0.4, 0.5) is 10.5 Å². The number of amides is 2. The molecule has 2 heterocycles. The summed E-state index contributed by atoms with van der Waals surface area (Å²) in [7, 11) is 1.53. The number of rotatable bonds is 7. The summed E-state index contributed by atoms with van der Waals surface area (Å²) in [6, 6.07) is 4.54. The van der Waals surface area contributed by atoms with E-state index in [-0.39, 0.29) is 6.04 Å². The second-order valence-corrected chi connectivity index (χ2v) is 6.02. The van der Waals surface area contributed by atoms with Crippen molar-refractivity contribution in [2.75, 3.05) is 12.4 Å². The van der Waals surface area contributed by atoms with Crippen LogP contribution >= 0.6 is 0 Å². The number of nitrogens with zero attached hydrogens (tertiary/aromatic N) is 5. The number of nitrogens with one attached hydrogen (secondary N) is 2. The van der Waals surface area contributed by atoms with Crippen molar-refractivity contribution in [3.8, 4) is 17.2 Å². The topological polar surface area (TPSA) is 120 Å². The van der Waals surface area contributed by atoms with Gasteiger partial charge in [0, 0.05) is 18.5 Å². The largest absolute Gasteiger partial charge is 0.495 e. The Morgan fingerprint density at radius 3 is 2.82 bits per heavy atom. The van der Waals surface area contributed by atoms with Crippen molar-refractivity contribution in [3.05, 3.63) is 36.2 Å². The van der Waals surface area contributed by atoms with Crippen LogP contribution in [0.25, 0.3) is 11.5 Å². The Morgan fingerprint density at radius 1 is 1.32 bits per heavy atom. The number of hydrogen-bond acceptors (Lipinski definition) is 7. The molecule has 0 aliphatic rings. The third-order valence-corrected chi connectivity index (χ3v) is 4.14. The zero-order valence-corrected chi connectivity index (χ0v) is 16.3. The van der Waals surface area contributed by atoms with Crippen molar-refractivity contribution < 1.29 is 13.9 Å². The maximum atomic E-state index is 12.5. The van der Waals surface area contributed by atoms with Crippen LogP contribution in [0, 0.1) is 0 Å². The molecule has 0 aliphatic carbocycles. The smallest absolute Gasteiger partial charge is 0.319 e. The van der Waals surface area contributed by atoms with Gasteiger partial charge < -0.3 is 19.8 Å². The first-order valence-corrected chi connectivity index (χ1v) is 9.01. The highest BCUT2D eigenvalue weighted by atomic mass is 16.5. The predicted octanol–water partition coefficient (Wildman–Crippen LogP) is 2.80. The summed E-state index contributed by atoms with van der Waals surface area (Å²) >= 11 is 0. The lowest BCUT2D eigenvalue weighted by atomic mass is 10.2. The van der Waals surface area contributed by atoms with Crippen molar-refractivity contribution >= 4 is 11.7 Å². The first kappa shape index (κ1) is 19.3. The van der Waals surface area contributed by atoms with Crippen LogP contribution in [0.5, 0.6) is 5.75 Å². The Bertz CT molecular complexity index is 950. The van der Waals surface area contributed by atoms with E-state index in [0.29, 0.717) is 47.6 Å². The van der Waals surface area contributed by atoms with Gasteiger partial charge in [-0.3, -0.25) is 0 Å². The fourth-order valence-corrected chi connectivity index (χ4v) is 2.72. The number of ether oxygens (including phenoxy) is 1. The van der Waals surface area contributed by atoms with Gasteiger partial charge in [0.15, 0.2) is 0 Å². The van der Waals surface area contributed by atoms with Gasteiger partial charge in [-0.2, -0.15) is 5.10 Å². The molecule has 0 bridgehead atoms. The fourth-order valence-electron chi connectivity index (χ4n) is 2.72. The Hall–Kier alpha value is -3.43. The van der Waals surface area contributed by atoms with Crippen molar-refractivity contribution in [1.82, 2.24) is 30.3 Å². The van der Waals surface area contributed by atoms with E-state index in [1.165, 1.54) is 13.4 Å². The van der Waals surface area contributed by atoms with Crippen LogP contribution in [0.1, 0.15) is 38.5 Å². The molecular formula is C18H23N7O3. The Balaban J connectivity index is 1.76. The van der Waals surface area contributed by atoms with E-state index in [4.69, 9.17) is 9.15 Å². The standard InChI is InChI=1S/C18H23N7O3/c1-5-15-23-24-17(28-15)12-7-8-14(27-4)13(9-12)22-18(26)21-11(3)16-19-10-20-25(16)6-2/h7-11H,5-6H2,1-4H3,(H2,21,22,26)/t11-/m1/s1. The van der Waals surface area contributed by atoms with E-state index < -0.39 is 6.03 Å². The highest BCUT2D eigenvalue weighted by molar-refractivity contribution is 5.92. The number of anilines is 1. The molecule has 2 aromatic heterocycles. The van der Waals surface area contributed by atoms with Crippen molar-refractivity contribution in [3.63, 3.8) is 0 Å². The monoisotopic (exact) mass is 385 g/mol. The maximum Gasteiger partial charge on any atom is 0.319 e. The highest BCUT2D eigenvalue weighted by Gasteiger charge is 2.17. The molecule has 0 aliphatic heterocycles. The predicted molar refractivity (Wildman–Crippen MR) is 102 cm³/mol. The molecule has 0 saturated carbocycles. The maximum absolute atomic E-state index is 12.5.